The third-order valence-electron chi connectivity index (χ3n) is 2.20. The highest BCUT2D eigenvalue weighted by atomic mass is 19.1. The molecule has 2 heteroatoms. The highest BCUT2D eigenvalue weighted by Crippen LogP contribution is 2.22. The molecule has 0 spiro atoms. The quantitative estimate of drug-likeness (QED) is 0.761. The van der Waals surface area contributed by atoms with Crippen LogP contribution in [0.2, 0.25) is 0 Å². The van der Waals surface area contributed by atoms with Crippen molar-refractivity contribution in [3.8, 4) is 0 Å². The minimum atomic E-state index is -0.689. The zero-order valence-electron chi connectivity index (χ0n) is 8.00. The van der Waals surface area contributed by atoms with Gasteiger partial charge in [-0.15, -0.1) is 0 Å². The maximum Gasteiger partial charge on any atom is 0.0948 e. The van der Waals surface area contributed by atoms with Crippen LogP contribution < -0.4 is 0 Å². The summed E-state index contributed by atoms with van der Waals surface area (Å²) in [6.07, 6.45) is -0.689. The van der Waals surface area contributed by atoms with Gasteiger partial charge in [0.2, 0.25) is 0 Å². The lowest BCUT2D eigenvalue weighted by atomic mass is 9.98. The number of aliphatic hydroxyl groups excluding tert-OH is 1. The van der Waals surface area contributed by atoms with E-state index in [2.05, 4.69) is 0 Å². The van der Waals surface area contributed by atoms with Crippen molar-refractivity contribution in [3.05, 3.63) is 35.4 Å². The summed E-state index contributed by atoms with van der Waals surface area (Å²) in [7, 11) is 0. The van der Waals surface area contributed by atoms with Crippen LogP contribution in [-0.4, -0.2) is 11.8 Å². The minimum absolute atomic E-state index is 0.331. The van der Waals surface area contributed by atoms with Gasteiger partial charge in [0, 0.05) is 5.92 Å². The van der Waals surface area contributed by atoms with E-state index in [0.717, 1.165) is 11.1 Å². The predicted molar refractivity (Wildman–Crippen MR) is 51.3 cm³/mol. The number of hydrogen-bond donors (Lipinski definition) is 1. The van der Waals surface area contributed by atoms with Crippen molar-refractivity contribution in [2.24, 2.45) is 5.92 Å². The van der Waals surface area contributed by atoms with Crippen LogP contribution in [0.15, 0.2) is 24.3 Å². The first kappa shape index (κ1) is 10.2. The second-order valence-electron chi connectivity index (χ2n) is 3.49. The molecule has 0 aliphatic rings. The lowest BCUT2D eigenvalue weighted by Crippen LogP contribution is -2.10. The first-order valence-corrected chi connectivity index (χ1v) is 4.45. The van der Waals surface area contributed by atoms with Crippen molar-refractivity contribution in [1.82, 2.24) is 0 Å². The normalized spacial score (nSPS) is 15.4. The molecule has 2 atom stereocenters. The Morgan fingerprint density at radius 1 is 1.31 bits per heavy atom. The van der Waals surface area contributed by atoms with Gasteiger partial charge in [-0.1, -0.05) is 36.8 Å². The van der Waals surface area contributed by atoms with Gasteiger partial charge in [0.15, 0.2) is 0 Å². The van der Waals surface area contributed by atoms with Crippen molar-refractivity contribution in [2.45, 2.75) is 20.0 Å². The predicted octanol–water partition coefficient (Wildman–Crippen LogP) is 2.63. The van der Waals surface area contributed by atoms with Crippen LogP contribution in [0.4, 0.5) is 4.39 Å². The molecule has 0 aliphatic heterocycles. The average molecular weight is 182 g/mol. The van der Waals surface area contributed by atoms with E-state index < -0.39 is 12.8 Å². The Labute approximate surface area is 78.2 Å². The fourth-order valence-corrected chi connectivity index (χ4v) is 1.18. The Hall–Kier alpha value is -0.890. The fraction of sp³-hybridized carbons (Fsp3) is 0.455. The molecule has 1 aromatic rings. The first-order chi connectivity index (χ1) is 6.15. The van der Waals surface area contributed by atoms with Crippen LogP contribution in [0.5, 0.6) is 0 Å². The Bertz CT molecular complexity index is 255. The second-order valence-corrected chi connectivity index (χ2v) is 3.49. The van der Waals surface area contributed by atoms with Gasteiger partial charge in [-0.25, -0.2) is 0 Å². The van der Waals surface area contributed by atoms with Crippen LogP contribution in [0, 0.1) is 12.8 Å². The zero-order chi connectivity index (χ0) is 9.84. The summed E-state index contributed by atoms with van der Waals surface area (Å²) in [6.45, 7) is 3.19. The average Bonchev–Trinajstić information content (AvgIpc) is 2.17. The number of hydrogen-bond acceptors (Lipinski definition) is 1. The summed E-state index contributed by atoms with van der Waals surface area (Å²) in [5.74, 6) is -0.331. The smallest absolute Gasteiger partial charge is 0.0948 e. The molecule has 0 aromatic heterocycles. The summed E-state index contributed by atoms with van der Waals surface area (Å²) in [6, 6.07) is 7.52. The number of benzene rings is 1. The fourth-order valence-electron chi connectivity index (χ4n) is 1.18. The molecule has 0 heterocycles. The number of halogens is 1. The van der Waals surface area contributed by atoms with Gasteiger partial charge < -0.3 is 5.11 Å². The van der Waals surface area contributed by atoms with Crippen molar-refractivity contribution >= 4 is 0 Å². The SMILES string of the molecule is Cc1ccc([C@@H](O)[C@H](C)CF)cc1. The summed E-state index contributed by atoms with van der Waals surface area (Å²) < 4.78 is 12.2. The molecule has 0 unspecified atom stereocenters. The van der Waals surface area contributed by atoms with E-state index in [9.17, 15) is 9.50 Å². The van der Waals surface area contributed by atoms with Gasteiger partial charge in [0.25, 0.3) is 0 Å². The Kier molecular flexibility index (Phi) is 3.43. The molecule has 0 aliphatic carbocycles. The van der Waals surface area contributed by atoms with E-state index in [1.165, 1.54) is 0 Å². The molecule has 0 saturated carbocycles. The molecular formula is C11H15FO. The molecule has 13 heavy (non-hydrogen) atoms. The highest BCUT2D eigenvalue weighted by molar-refractivity contribution is 5.23. The van der Waals surface area contributed by atoms with E-state index in [0.29, 0.717) is 0 Å². The maximum absolute atomic E-state index is 12.2. The summed E-state index contributed by atoms with van der Waals surface area (Å²) in [5.41, 5.74) is 1.93. The van der Waals surface area contributed by atoms with Gasteiger partial charge in [-0.05, 0) is 12.5 Å². The Balaban J connectivity index is 2.77. The van der Waals surface area contributed by atoms with E-state index in [-0.39, 0.29) is 5.92 Å². The number of rotatable bonds is 3. The van der Waals surface area contributed by atoms with E-state index in [1.54, 1.807) is 6.92 Å². The number of aliphatic hydroxyl groups is 1. The second kappa shape index (κ2) is 4.38. The standard InChI is InChI=1S/C11H15FO/c1-8-3-5-10(6-4-8)11(13)9(2)7-12/h3-6,9,11,13H,7H2,1-2H3/t9-,11+/m1/s1. The molecule has 0 amide bonds. The molecule has 1 N–H and O–H groups in total. The highest BCUT2D eigenvalue weighted by Gasteiger charge is 2.15. The Morgan fingerprint density at radius 3 is 2.31 bits per heavy atom. The molecular weight excluding hydrogens is 167 g/mol. The molecule has 72 valence electrons. The lowest BCUT2D eigenvalue weighted by Gasteiger charge is -2.15. The third-order valence-corrected chi connectivity index (χ3v) is 2.20. The van der Waals surface area contributed by atoms with Gasteiger partial charge in [-0.2, -0.15) is 0 Å². The van der Waals surface area contributed by atoms with E-state index in [1.807, 2.05) is 31.2 Å². The molecule has 0 bridgehead atoms. The van der Waals surface area contributed by atoms with Crippen molar-refractivity contribution < 1.29 is 9.50 Å². The van der Waals surface area contributed by atoms with Crippen LogP contribution in [0.25, 0.3) is 0 Å². The first-order valence-electron chi connectivity index (χ1n) is 4.45. The van der Waals surface area contributed by atoms with Gasteiger partial charge in [-0.3, -0.25) is 4.39 Å². The summed E-state index contributed by atoms with van der Waals surface area (Å²) >= 11 is 0. The largest absolute Gasteiger partial charge is 0.388 e. The topological polar surface area (TPSA) is 20.2 Å². The molecule has 0 radical (unpaired) electrons. The molecule has 1 aromatic carbocycles. The third kappa shape index (κ3) is 2.52. The summed E-state index contributed by atoms with van der Waals surface area (Å²) in [4.78, 5) is 0. The van der Waals surface area contributed by atoms with Gasteiger partial charge >= 0.3 is 0 Å². The van der Waals surface area contributed by atoms with Crippen LogP contribution >= 0.6 is 0 Å². The van der Waals surface area contributed by atoms with Gasteiger partial charge in [0.05, 0.1) is 12.8 Å². The molecule has 0 fully saturated rings. The minimum Gasteiger partial charge on any atom is -0.388 e. The number of alkyl halides is 1. The maximum atomic E-state index is 12.2. The monoisotopic (exact) mass is 182 g/mol. The Morgan fingerprint density at radius 2 is 1.85 bits per heavy atom. The molecule has 1 rings (SSSR count). The molecule has 1 nitrogen and oxygen atoms in total. The summed E-state index contributed by atoms with van der Waals surface area (Å²) in [5, 5.41) is 9.64. The zero-order valence-corrected chi connectivity index (χ0v) is 8.00. The van der Waals surface area contributed by atoms with Gasteiger partial charge in [0.1, 0.15) is 0 Å². The van der Waals surface area contributed by atoms with Crippen molar-refractivity contribution in [1.29, 1.82) is 0 Å². The van der Waals surface area contributed by atoms with Crippen LogP contribution in [0.3, 0.4) is 0 Å². The van der Waals surface area contributed by atoms with E-state index >= 15 is 0 Å². The van der Waals surface area contributed by atoms with Crippen LogP contribution in [0.1, 0.15) is 24.2 Å². The number of aryl methyl sites for hydroxylation is 1. The van der Waals surface area contributed by atoms with Crippen molar-refractivity contribution in [2.75, 3.05) is 6.67 Å². The lowest BCUT2D eigenvalue weighted by molar-refractivity contribution is 0.102. The van der Waals surface area contributed by atoms with E-state index in [4.69, 9.17) is 0 Å². The van der Waals surface area contributed by atoms with Crippen LogP contribution in [-0.2, 0) is 0 Å². The van der Waals surface area contributed by atoms with Crippen molar-refractivity contribution in [3.63, 3.8) is 0 Å². The molecule has 0 saturated heterocycles.